The summed E-state index contributed by atoms with van der Waals surface area (Å²) >= 11 is 0. The zero-order chi connectivity index (χ0) is 24.4. The average Bonchev–Trinajstić information content (AvgIpc) is 2.86. The summed E-state index contributed by atoms with van der Waals surface area (Å²) in [4.78, 5) is 12.7. The van der Waals surface area contributed by atoms with E-state index in [1.54, 1.807) is 6.07 Å². The Labute approximate surface area is 207 Å². The average molecular weight is 470 g/mol. The number of fused-ring (bicyclic) bond motifs is 1. The Morgan fingerprint density at radius 3 is 1.85 bits per heavy atom. The molecular weight excluding hydrogens is 422 g/mol. The summed E-state index contributed by atoms with van der Waals surface area (Å²) in [6, 6.07) is 9.19. The van der Waals surface area contributed by atoms with Crippen LogP contribution in [-0.2, 0) is 0 Å². The van der Waals surface area contributed by atoms with Gasteiger partial charge in [-0.15, -0.1) is 0 Å². The summed E-state index contributed by atoms with van der Waals surface area (Å²) < 4.78 is 5.85. The van der Waals surface area contributed by atoms with Crippen molar-refractivity contribution in [3.63, 3.8) is 0 Å². The normalized spacial score (nSPS) is 11.1. The smallest absolute Gasteiger partial charge is 0.255 e. The van der Waals surface area contributed by atoms with E-state index < -0.39 is 0 Å². The van der Waals surface area contributed by atoms with E-state index in [9.17, 15) is 9.90 Å². The molecule has 2 N–H and O–H groups in total. The fourth-order valence-corrected chi connectivity index (χ4v) is 4.45. The standard InChI is InChI=1S/C30H47NO3/c1-3-5-6-7-8-9-10-11-12-13-14-15-16-19-22-31-30(33)27-24-28(34-23-4-2)25-20-17-18-21-26(25)29(27)32/h17-18,20-21,24,32H,3-16,19,22-23H2,1-2H3,(H,31,33). The van der Waals surface area contributed by atoms with Crippen molar-refractivity contribution >= 4 is 16.7 Å². The number of unbranched alkanes of at least 4 members (excludes halogenated alkanes) is 13. The molecular formula is C30H47NO3. The van der Waals surface area contributed by atoms with Crippen molar-refractivity contribution in [2.75, 3.05) is 13.2 Å². The molecule has 2 aromatic carbocycles. The van der Waals surface area contributed by atoms with E-state index in [0.29, 0.717) is 24.3 Å². The minimum atomic E-state index is -0.237. The Kier molecular flexibility index (Phi) is 14.2. The van der Waals surface area contributed by atoms with Gasteiger partial charge in [-0.05, 0) is 18.9 Å². The first kappa shape index (κ1) is 28.0. The summed E-state index contributed by atoms with van der Waals surface area (Å²) in [6.07, 6.45) is 19.3. The maximum absolute atomic E-state index is 12.7. The van der Waals surface area contributed by atoms with Crippen molar-refractivity contribution in [2.45, 2.75) is 110 Å². The molecule has 0 fully saturated rings. The Morgan fingerprint density at radius 2 is 1.29 bits per heavy atom. The van der Waals surface area contributed by atoms with Crippen LogP contribution in [0.25, 0.3) is 10.8 Å². The van der Waals surface area contributed by atoms with Crippen molar-refractivity contribution in [3.8, 4) is 11.5 Å². The maximum Gasteiger partial charge on any atom is 0.255 e. The predicted octanol–water partition coefficient (Wildman–Crippen LogP) is 8.55. The van der Waals surface area contributed by atoms with Crippen LogP contribution < -0.4 is 10.1 Å². The van der Waals surface area contributed by atoms with Gasteiger partial charge in [-0.2, -0.15) is 0 Å². The van der Waals surface area contributed by atoms with E-state index >= 15 is 0 Å². The van der Waals surface area contributed by atoms with Crippen molar-refractivity contribution in [1.82, 2.24) is 5.32 Å². The van der Waals surface area contributed by atoms with E-state index in [1.165, 1.54) is 77.0 Å². The van der Waals surface area contributed by atoms with Crippen molar-refractivity contribution in [2.24, 2.45) is 0 Å². The molecule has 0 radical (unpaired) electrons. The number of nitrogens with one attached hydrogen (secondary N) is 1. The van der Waals surface area contributed by atoms with Crippen molar-refractivity contribution < 1.29 is 14.6 Å². The molecule has 0 saturated heterocycles. The third kappa shape index (κ3) is 9.95. The van der Waals surface area contributed by atoms with Gasteiger partial charge in [0.2, 0.25) is 0 Å². The van der Waals surface area contributed by atoms with Gasteiger partial charge >= 0.3 is 0 Å². The first-order valence-electron chi connectivity index (χ1n) is 13.8. The van der Waals surface area contributed by atoms with Gasteiger partial charge in [0, 0.05) is 17.3 Å². The van der Waals surface area contributed by atoms with Gasteiger partial charge in [0.1, 0.15) is 11.5 Å². The zero-order valence-corrected chi connectivity index (χ0v) is 21.7. The van der Waals surface area contributed by atoms with E-state index in [1.807, 2.05) is 31.2 Å². The van der Waals surface area contributed by atoms with Gasteiger partial charge in [-0.1, -0.05) is 122 Å². The molecule has 4 nitrogen and oxygen atoms in total. The third-order valence-corrected chi connectivity index (χ3v) is 6.50. The van der Waals surface area contributed by atoms with Crippen LogP contribution in [0.2, 0.25) is 0 Å². The number of phenols is 1. The Bertz CT molecular complexity index is 833. The highest BCUT2D eigenvalue weighted by Crippen LogP contribution is 2.36. The van der Waals surface area contributed by atoms with Crippen LogP contribution in [0.3, 0.4) is 0 Å². The largest absolute Gasteiger partial charge is 0.506 e. The molecule has 0 spiro atoms. The topological polar surface area (TPSA) is 58.6 Å². The van der Waals surface area contributed by atoms with Gasteiger partial charge in [-0.25, -0.2) is 0 Å². The summed E-state index contributed by atoms with van der Waals surface area (Å²) in [5.74, 6) is 0.439. The Hall–Kier alpha value is -2.23. The number of benzene rings is 2. The van der Waals surface area contributed by atoms with Gasteiger partial charge in [0.25, 0.3) is 5.91 Å². The number of hydrogen-bond acceptors (Lipinski definition) is 3. The molecule has 190 valence electrons. The van der Waals surface area contributed by atoms with Crippen LogP contribution in [0.1, 0.15) is 121 Å². The van der Waals surface area contributed by atoms with Crippen molar-refractivity contribution in [1.29, 1.82) is 0 Å². The second-order valence-corrected chi connectivity index (χ2v) is 9.52. The Morgan fingerprint density at radius 1 is 0.765 bits per heavy atom. The van der Waals surface area contributed by atoms with E-state index in [0.717, 1.165) is 24.6 Å². The number of rotatable bonds is 19. The lowest BCUT2D eigenvalue weighted by atomic mass is 10.0. The molecule has 0 aromatic heterocycles. The Balaban J connectivity index is 1.61. The molecule has 0 saturated carbocycles. The summed E-state index contributed by atoms with van der Waals surface area (Å²) in [5, 5.41) is 15.1. The highest BCUT2D eigenvalue weighted by Gasteiger charge is 2.17. The molecule has 34 heavy (non-hydrogen) atoms. The first-order valence-corrected chi connectivity index (χ1v) is 13.8. The lowest BCUT2D eigenvalue weighted by Gasteiger charge is -2.14. The van der Waals surface area contributed by atoms with E-state index in [4.69, 9.17) is 4.74 Å². The number of hydrogen-bond donors (Lipinski definition) is 2. The number of carbonyl (C=O) groups is 1. The maximum atomic E-state index is 12.7. The number of carbonyl (C=O) groups excluding carboxylic acids is 1. The van der Waals surface area contributed by atoms with Gasteiger partial charge in [0.15, 0.2) is 0 Å². The molecule has 0 unspecified atom stereocenters. The van der Waals surface area contributed by atoms with E-state index in [-0.39, 0.29) is 17.2 Å². The monoisotopic (exact) mass is 469 g/mol. The first-order chi connectivity index (χ1) is 16.7. The lowest BCUT2D eigenvalue weighted by molar-refractivity contribution is 0.0950. The van der Waals surface area contributed by atoms with Crippen LogP contribution in [0.15, 0.2) is 30.3 Å². The molecule has 0 atom stereocenters. The SMILES string of the molecule is CCCCCCCCCCCCCCCCNC(=O)c1cc(OCCC)c2ccccc2c1O. The molecule has 0 aliphatic rings. The van der Waals surface area contributed by atoms with Crippen LogP contribution in [-0.4, -0.2) is 24.2 Å². The quantitative estimate of drug-likeness (QED) is 0.203. The fourth-order valence-electron chi connectivity index (χ4n) is 4.45. The molecule has 0 bridgehead atoms. The molecule has 0 heterocycles. The minimum absolute atomic E-state index is 0.0258. The van der Waals surface area contributed by atoms with Gasteiger partial charge in [0.05, 0.1) is 12.2 Å². The second kappa shape index (κ2) is 17.2. The summed E-state index contributed by atoms with van der Waals surface area (Å²) in [6.45, 7) is 5.53. The molecule has 4 heteroatoms. The number of aromatic hydroxyl groups is 1. The zero-order valence-electron chi connectivity index (χ0n) is 21.7. The van der Waals surface area contributed by atoms with Gasteiger partial charge in [-0.3, -0.25) is 4.79 Å². The van der Waals surface area contributed by atoms with Crippen LogP contribution >= 0.6 is 0 Å². The van der Waals surface area contributed by atoms with Crippen LogP contribution in [0.5, 0.6) is 11.5 Å². The number of phenolic OH excluding ortho intramolecular Hbond substituents is 1. The number of ether oxygens (including phenoxy) is 1. The van der Waals surface area contributed by atoms with Crippen molar-refractivity contribution in [3.05, 3.63) is 35.9 Å². The molecule has 0 aliphatic carbocycles. The summed E-state index contributed by atoms with van der Waals surface area (Å²) in [5.41, 5.74) is 0.287. The third-order valence-electron chi connectivity index (χ3n) is 6.50. The molecule has 2 aromatic rings. The second-order valence-electron chi connectivity index (χ2n) is 9.52. The fraction of sp³-hybridized carbons (Fsp3) is 0.633. The predicted molar refractivity (Wildman–Crippen MR) is 144 cm³/mol. The molecule has 1 amide bonds. The highest BCUT2D eigenvalue weighted by molar-refractivity contribution is 6.05. The molecule has 0 aliphatic heterocycles. The lowest BCUT2D eigenvalue weighted by Crippen LogP contribution is -2.24. The van der Waals surface area contributed by atoms with Crippen LogP contribution in [0.4, 0.5) is 0 Å². The van der Waals surface area contributed by atoms with E-state index in [2.05, 4.69) is 12.2 Å². The summed E-state index contributed by atoms with van der Waals surface area (Å²) in [7, 11) is 0. The van der Waals surface area contributed by atoms with Crippen LogP contribution in [0, 0.1) is 0 Å². The molecule has 2 rings (SSSR count). The minimum Gasteiger partial charge on any atom is -0.506 e. The van der Waals surface area contributed by atoms with Gasteiger partial charge < -0.3 is 15.2 Å². The highest BCUT2D eigenvalue weighted by atomic mass is 16.5. The number of amides is 1.